The van der Waals surface area contributed by atoms with Crippen LogP contribution in [0.2, 0.25) is 0 Å². The summed E-state index contributed by atoms with van der Waals surface area (Å²) in [4.78, 5) is 21.0. The summed E-state index contributed by atoms with van der Waals surface area (Å²) in [7, 11) is 0. The molecule has 1 atom stereocenters. The average Bonchev–Trinajstić information content (AvgIpc) is 3.36. The minimum absolute atomic E-state index is 0.00620. The summed E-state index contributed by atoms with van der Waals surface area (Å²) < 4.78 is 10.3. The van der Waals surface area contributed by atoms with Crippen LogP contribution in [0.4, 0.5) is 5.82 Å². The summed E-state index contributed by atoms with van der Waals surface area (Å²) in [6, 6.07) is 5.65. The highest BCUT2D eigenvalue weighted by molar-refractivity contribution is 7.03. The minimum atomic E-state index is -0.00620. The van der Waals surface area contributed by atoms with Crippen molar-refractivity contribution >= 4 is 23.3 Å². The van der Waals surface area contributed by atoms with E-state index in [0.29, 0.717) is 18.8 Å². The first-order valence-electron chi connectivity index (χ1n) is 8.37. The lowest BCUT2D eigenvalue weighted by Gasteiger charge is -2.22. The van der Waals surface area contributed by atoms with Crippen LogP contribution in [0, 0.1) is 0 Å². The van der Waals surface area contributed by atoms with Crippen molar-refractivity contribution in [1.82, 2.24) is 14.3 Å². The highest BCUT2D eigenvalue weighted by Gasteiger charge is 2.30. The van der Waals surface area contributed by atoms with Gasteiger partial charge in [-0.3, -0.25) is 4.79 Å². The second kappa shape index (κ2) is 6.76. The molecular formula is C17H20N4O2S. The van der Waals surface area contributed by atoms with E-state index >= 15 is 0 Å². The number of likely N-dealkylation sites (tertiary alicyclic amines) is 1. The van der Waals surface area contributed by atoms with Crippen molar-refractivity contribution in [3.8, 4) is 5.75 Å². The third-order valence-electron chi connectivity index (χ3n) is 4.54. The largest absolute Gasteiger partial charge is 0.485 e. The SMILES string of the molecule is O=C(c1ccsn1)N1CC[C@H](Oc2cccnc2N2CCCC2)C1. The summed E-state index contributed by atoms with van der Waals surface area (Å²) >= 11 is 1.30. The monoisotopic (exact) mass is 344 g/mol. The van der Waals surface area contributed by atoms with Crippen LogP contribution in [0.1, 0.15) is 29.8 Å². The first kappa shape index (κ1) is 15.4. The number of aromatic nitrogens is 2. The number of carbonyl (C=O) groups is 1. The van der Waals surface area contributed by atoms with Crippen LogP contribution < -0.4 is 9.64 Å². The molecule has 0 aliphatic carbocycles. The summed E-state index contributed by atoms with van der Waals surface area (Å²) in [6.45, 7) is 3.38. The van der Waals surface area contributed by atoms with E-state index in [2.05, 4.69) is 14.3 Å². The fraction of sp³-hybridized carbons (Fsp3) is 0.471. The van der Waals surface area contributed by atoms with Gasteiger partial charge in [-0.2, -0.15) is 4.37 Å². The van der Waals surface area contributed by atoms with E-state index in [4.69, 9.17) is 4.74 Å². The lowest BCUT2D eigenvalue weighted by Crippen LogP contribution is -2.31. The number of hydrogen-bond donors (Lipinski definition) is 0. The highest BCUT2D eigenvalue weighted by Crippen LogP contribution is 2.30. The summed E-state index contributed by atoms with van der Waals surface area (Å²) in [5, 5.41) is 1.83. The second-order valence-corrected chi connectivity index (χ2v) is 6.85. The van der Waals surface area contributed by atoms with E-state index in [9.17, 15) is 4.79 Å². The quantitative estimate of drug-likeness (QED) is 0.853. The number of pyridine rings is 1. The van der Waals surface area contributed by atoms with Crippen LogP contribution in [0.3, 0.4) is 0 Å². The fourth-order valence-corrected chi connectivity index (χ4v) is 3.82. The minimum Gasteiger partial charge on any atom is -0.485 e. The first-order chi connectivity index (χ1) is 11.8. The van der Waals surface area contributed by atoms with Crippen molar-refractivity contribution in [3.63, 3.8) is 0 Å². The molecule has 2 aromatic heterocycles. The van der Waals surface area contributed by atoms with Crippen LogP contribution in [0.15, 0.2) is 29.8 Å². The van der Waals surface area contributed by atoms with Crippen LogP contribution in [-0.4, -0.2) is 52.4 Å². The lowest BCUT2D eigenvalue weighted by molar-refractivity contribution is 0.0768. The van der Waals surface area contributed by atoms with Gasteiger partial charge in [0.05, 0.1) is 6.54 Å². The molecule has 0 saturated carbocycles. The Hall–Kier alpha value is -2.15. The Morgan fingerprint density at radius 1 is 1.25 bits per heavy atom. The van der Waals surface area contributed by atoms with Crippen molar-refractivity contribution in [2.24, 2.45) is 0 Å². The maximum atomic E-state index is 12.4. The van der Waals surface area contributed by atoms with Gasteiger partial charge >= 0.3 is 0 Å². The molecule has 7 heteroatoms. The van der Waals surface area contributed by atoms with E-state index < -0.39 is 0 Å². The highest BCUT2D eigenvalue weighted by atomic mass is 32.1. The molecule has 0 aromatic carbocycles. The zero-order valence-corrected chi connectivity index (χ0v) is 14.2. The Balaban J connectivity index is 1.43. The Kier molecular flexibility index (Phi) is 4.34. The van der Waals surface area contributed by atoms with Crippen molar-refractivity contribution in [3.05, 3.63) is 35.5 Å². The molecule has 4 heterocycles. The molecule has 0 N–H and O–H groups in total. The molecule has 0 radical (unpaired) electrons. The molecular weight excluding hydrogens is 324 g/mol. The Morgan fingerprint density at radius 3 is 2.92 bits per heavy atom. The Labute approximate surface area is 145 Å². The Bertz CT molecular complexity index is 700. The summed E-state index contributed by atoms with van der Waals surface area (Å²) in [5.74, 6) is 1.75. The normalized spacial score (nSPS) is 20.6. The zero-order chi connectivity index (χ0) is 16.4. The maximum Gasteiger partial charge on any atom is 0.273 e. The molecule has 2 aliphatic rings. The van der Waals surface area contributed by atoms with Crippen molar-refractivity contribution in [2.45, 2.75) is 25.4 Å². The molecule has 2 saturated heterocycles. The molecule has 2 aliphatic heterocycles. The number of carbonyl (C=O) groups excluding carboxylic acids is 1. The van der Waals surface area contributed by atoms with E-state index in [1.807, 2.05) is 28.6 Å². The van der Waals surface area contributed by atoms with Crippen molar-refractivity contribution in [1.29, 1.82) is 0 Å². The number of ether oxygens (including phenoxy) is 1. The molecule has 1 amide bonds. The summed E-state index contributed by atoms with van der Waals surface area (Å²) in [6.07, 6.45) is 5.07. The second-order valence-electron chi connectivity index (χ2n) is 6.18. The summed E-state index contributed by atoms with van der Waals surface area (Å²) in [5.41, 5.74) is 0.528. The third kappa shape index (κ3) is 3.08. The van der Waals surface area contributed by atoms with Crippen LogP contribution in [0.25, 0.3) is 0 Å². The molecule has 0 spiro atoms. The number of hydrogen-bond acceptors (Lipinski definition) is 6. The van der Waals surface area contributed by atoms with Gasteiger partial charge in [0, 0.05) is 37.6 Å². The van der Waals surface area contributed by atoms with E-state index in [-0.39, 0.29) is 12.0 Å². The van der Waals surface area contributed by atoms with Gasteiger partial charge in [0.2, 0.25) is 0 Å². The van der Waals surface area contributed by atoms with Gasteiger partial charge in [0.1, 0.15) is 11.8 Å². The molecule has 4 rings (SSSR count). The van der Waals surface area contributed by atoms with Crippen LogP contribution >= 0.6 is 11.5 Å². The number of anilines is 1. The topological polar surface area (TPSA) is 58.6 Å². The van der Waals surface area contributed by atoms with Gasteiger partial charge in [0.25, 0.3) is 5.91 Å². The number of rotatable bonds is 4. The zero-order valence-electron chi connectivity index (χ0n) is 13.4. The molecule has 6 nitrogen and oxygen atoms in total. The predicted molar refractivity (Wildman–Crippen MR) is 92.7 cm³/mol. The predicted octanol–water partition coefficient (Wildman–Crippen LogP) is 2.43. The smallest absolute Gasteiger partial charge is 0.273 e. The van der Waals surface area contributed by atoms with E-state index in [0.717, 1.165) is 31.1 Å². The van der Waals surface area contributed by atoms with Crippen LogP contribution in [0.5, 0.6) is 5.75 Å². The number of amides is 1. The van der Waals surface area contributed by atoms with Gasteiger partial charge < -0.3 is 14.5 Å². The third-order valence-corrected chi connectivity index (χ3v) is 5.10. The van der Waals surface area contributed by atoms with Crippen molar-refractivity contribution in [2.75, 3.05) is 31.1 Å². The molecule has 2 aromatic rings. The van der Waals surface area contributed by atoms with E-state index in [1.165, 1.54) is 24.4 Å². The molecule has 2 fully saturated rings. The standard InChI is InChI=1S/C17H20N4O2S/c22-17(14-6-11-24-19-14)21-10-5-13(12-21)23-15-4-3-7-18-16(15)20-8-1-2-9-20/h3-4,6-7,11,13H,1-2,5,8-10,12H2/t13-/m0/s1. The molecule has 0 unspecified atom stereocenters. The molecule has 24 heavy (non-hydrogen) atoms. The fourth-order valence-electron chi connectivity index (χ4n) is 3.31. The average molecular weight is 344 g/mol. The van der Waals surface area contributed by atoms with Gasteiger partial charge in [-0.15, -0.1) is 0 Å². The molecule has 0 bridgehead atoms. The van der Waals surface area contributed by atoms with Gasteiger partial charge in [-0.25, -0.2) is 4.98 Å². The van der Waals surface area contributed by atoms with Gasteiger partial charge in [-0.1, -0.05) is 0 Å². The van der Waals surface area contributed by atoms with Crippen LogP contribution in [-0.2, 0) is 0 Å². The lowest BCUT2D eigenvalue weighted by atomic mass is 10.3. The number of nitrogens with zero attached hydrogens (tertiary/aromatic N) is 4. The molecule has 126 valence electrons. The Morgan fingerprint density at radius 2 is 2.12 bits per heavy atom. The van der Waals surface area contributed by atoms with Crippen molar-refractivity contribution < 1.29 is 9.53 Å². The van der Waals surface area contributed by atoms with E-state index in [1.54, 1.807) is 6.07 Å². The maximum absolute atomic E-state index is 12.4. The van der Waals surface area contributed by atoms with Gasteiger partial charge in [0.15, 0.2) is 11.6 Å². The first-order valence-corrected chi connectivity index (χ1v) is 9.21. The van der Waals surface area contributed by atoms with Gasteiger partial charge in [-0.05, 0) is 42.6 Å².